The SMILES string of the molecule is CNC(c1ccc2c(c1)CCC2)C1CC1C(=O)O. The van der Waals surface area contributed by atoms with Gasteiger partial charge in [-0.3, -0.25) is 4.79 Å². The molecule has 2 aliphatic rings. The van der Waals surface area contributed by atoms with Crippen molar-refractivity contribution in [2.24, 2.45) is 11.8 Å². The van der Waals surface area contributed by atoms with Gasteiger partial charge in [0.25, 0.3) is 0 Å². The largest absolute Gasteiger partial charge is 0.481 e. The highest BCUT2D eigenvalue weighted by atomic mass is 16.4. The lowest BCUT2D eigenvalue weighted by Gasteiger charge is -2.17. The highest BCUT2D eigenvalue weighted by Crippen LogP contribution is 2.47. The standard InChI is InChI=1S/C15H19NO2/c1-16-14(12-8-13(12)15(17)18)11-6-5-9-3-2-4-10(9)7-11/h5-7,12-14,16H,2-4,8H2,1H3,(H,17,18). The molecule has 0 radical (unpaired) electrons. The second-order valence-electron chi connectivity index (χ2n) is 5.49. The number of benzene rings is 1. The summed E-state index contributed by atoms with van der Waals surface area (Å²) in [6.07, 6.45) is 4.43. The predicted octanol–water partition coefficient (Wildman–Crippen LogP) is 2.16. The van der Waals surface area contributed by atoms with Crippen LogP contribution in [0.2, 0.25) is 0 Å². The molecule has 0 saturated heterocycles. The molecule has 1 aromatic rings. The topological polar surface area (TPSA) is 49.3 Å². The molecule has 3 heteroatoms. The monoisotopic (exact) mass is 245 g/mol. The second-order valence-corrected chi connectivity index (χ2v) is 5.49. The minimum absolute atomic E-state index is 0.157. The maximum Gasteiger partial charge on any atom is 0.306 e. The number of nitrogens with one attached hydrogen (secondary N) is 1. The second kappa shape index (κ2) is 4.39. The summed E-state index contributed by atoms with van der Waals surface area (Å²) in [6.45, 7) is 0. The Morgan fingerprint density at radius 2 is 2.17 bits per heavy atom. The summed E-state index contributed by atoms with van der Waals surface area (Å²) < 4.78 is 0. The number of carboxylic acid groups (broad SMARTS) is 1. The van der Waals surface area contributed by atoms with Crippen molar-refractivity contribution < 1.29 is 9.90 Å². The van der Waals surface area contributed by atoms with E-state index < -0.39 is 5.97 Å². The van der Waals surface area contributed by atoms with Crippen LogP contribution in [0.1, 0.15) is 35.6 Å². The van der Waals surface area contributed by atoms with Crippen molar-refractivity contribution in [1.82, 2.24) is 5.32 Å². The third kappa shape index (κ3) is 1.93. The van der Waals surface area contributed by atoms with Crippen molar-refractivity contribution in [2.75, 3.05) is 7.05 Å². The molecule has 1 saturated carbocycles. The first-order valence-electron chi connectivity index (χ1n) is 6.72. The average molecular weight is 245 g/mol. The van der Waals surface area contributed by atoms with Gasteiger partial charge in [-0.1, -0.05) is 18.2 Å². The first-order valence-corrected chi connectivity index (χ1v) is 6.72. The molecule has 1 aromatic carbocycles. The van der Waals surface area contributed by atoms with E-state index in [-0.39, 0.29) is 17.9 Å². The molecule has 3 atom stereocenters. The zero-order valence-electron chi connectivity index (χ0n) is 10.6. The van der Waals surface area contributed by atoms with Gasteiger partial charge in [-0.05, 0) is 55.3 Å². The molecule has 3 nitrogen and oxygen atoms in total. The summed E-state index contributed by atoms with van der Waals surface area (Å²) in [7, 11) is 1.93. The van der Waals surface area contributed by atoms with E-state index in [2.05, 4.69) is 23.5 Å². The maximum atomic E-state index is 11.0. The summed E-state index contributed by atoms with van der Waals surface area (Å²) in [6, 6.07) is 6.86. The van der Waals surface area contributed by atoms with Crippen LogP contribution in [-0.2, 0) is 17.6 Å². The van der Waals surface area contributed by atoms with Gasteiger partial charge < -0.3 is 10.4 Å². The van der Waals surface area contributed by atoms with Gasteiger partial charge in [-0.25, -0.2) is 0 Å². The van der Waals surface area contributed by atoms with Gasteiger partial charge in [-0.15, -0.1) is 0 Å². The minimum atomic E-state index is -0.651. The summed E-state index contributed by atoms with van der Waals surface area (Å²) in [5.74, 6) is -0.552. The number of aryl methyl sites for hydroxylation is 2. The van der Waals surface area contributed by atoms with Gasteiger partial charge in [0.2, 0.25) is 0 Å². The van der Waals surface area contributed by atoms with Crippen molar-refractivity contribution in [3.63, 3.8) is 0 Å². The summed E-state index contributed by atoms with van der Waals surface area (Å²) in [5.41, 5.74) is 4.19. The molecule has 3 rings (SSSR count). The molecule has 2 N–H and O–H groups in total. The van der Waals surface area contributed by atoms with E-state index in [0.717, 1.165) is 6.42 Å². The van der Waals surface area contributed by atoms with Crippen LogP contribution < -0.4 is 5.32 Å². The lowest BCUT2D eigenvalue weighted by Crippen LogP contribution is -2.20. The summed E-state index contributed by atoms with van der Waals surface area (Å²) >= 11 is 0. The summed E-state index contributed by atoms with van der Waals surface area (Å²) in [5, 5.41) is 12.3. The van der Waals surface area contributed by atoms with Crippen LogP contribution in [-0.4, -0.2) is 18.1 Å². The fourth-order valence-corrected chi connectivity index (χ4v) is 3.28. The summed E-state index contributed by atoms with van der Waals surface area (Å²) in [4.78, 5) is 11.0. The van der Waals surface area contributed by atoms with Gasteiger partial charge in [0, 0.05) is 6.04 Å². The Bertz CT molecular complexity index is 483. The van der Waals surface area contributed by atoms with Gasteiger partial charge in [0.05, 0.1) is 5.92 Å². The molecule has 0 bridgehead atoms. The van der Waals surface area contributed by atoms with E-state index in [4.69, 9.17) is 5.11 Å². The Hall–Kier alpha value is -1.35. The van der Waals surface area contributed by atoms with Crippen LogP contribution in [0, 0.1) is 11.8 Å². The average Bonchev–Trinajstić information content (AvgIpc) is 3.00. The molecule has 2 aliphatic carbocycles. The van der Waals surface area contributed by atoms with Crippen molar-refractivity contribution in [3.8, 4) is 0 Å². The molecule has 0 spiro atoms. The molecule has 0 aliphatic heterocycles. The third-order valence-electron chi connectivity index (χ3n) is 4.38. The van der Waals surface area contributed by atoms with E-state index in [0.29, 0.717) is 0 Å². The molecule has 18 heavy (non-hydrogen) atoms. The molecule has 0 amide bonds. The molecule has 0 heterocycles. The lowest BCUT2D eigenvalue weighted by atomic mass is 9.97. The highest BCUT2D eigenvalue weighted by molar-refractivity contribution is 5.73. The Morgan fingerprint density at radius 1 is 1.39 bits per heavy atom. The Labute approximate surface area is 107 Å². The fraction of sp³-hybridized carbons (Fsp3) is 0.533. The Balaban J connectivity index is 1.82. The first kappa shape index (κ1) is 11.7. The molecular weight excluding hydrogens is 226 g/mol. The maximum absolute atomic E-state index is 11.0. The number of carbonyl (C=O) groups is 1. The predicted molar refractivity (Wildman–Crippen MR) is 69.5 cm³/mol. The number of aliphatic carboxylic acids is 1. The van der Waals surface area contributed by atoms with E-state index in [1.54, 1.807) is 0 Å². The number of rotatable bonds is 4. The van der Waals surface area contributed by atoms with Crippen molar-refractivity contribution in [2.45, 2.75) is 31.7 Å². The zero-order chi connectivity index (χ0) is 12.7. The quantitative estimate of drug-likeness (QED) is 0.854. The Morgan fingerprint density at radius 3 is 2.83 bits per heavy atom. The smallest absolute Gasteiger partial charge is 0.306 e. The lowest BCUT2D eigenvalue weighted by molar-refractivity contribution is -0.138. The zero-order valence-corrected chi connectivity index (χ0v) is 10.6. The van der Waals surface area contributed by atoms with Crippen molar-refractivity contribution in [1.29, 1.82) is 0 Å². The van der Waals surface area contributed by atoms with Gasteiger partial charge in [0.1, 0.15) is 0 Å². The first-order chi connectivity index (χ1) is 8.70. The van der Waals surface area contributed by atoms with Gasteiger partial charge >= 0.3 is 5.97 Å². The number of fused-ring (bicyclic) bond motifs is 1. The van der Waals surface area contributed by atoms with Crippen LogP contribution >= 0.6 is 0 Å². The van der Waals surface area contributed by atoms with Crippen LogP contribution in [0.15, 0.2) is 18.2 Å². The Kier molecular flexibility index (Phi) is 2.86. The molecular formula is C15H19NO2. The van der Waals surface area contributed by atoms with E-state index in [1.807, 2.05) is 7.05 Å². The van der Waals surface area contributed by atoms with Gasteiger partial charge in [0.15, 0.2) is 0 Å². The van der Waals surface area contributed by atoms with E-state index >= 15 is 0 Å². The minimum Gasteiger partial charge on any atom is -0.481 e. The number of hydrogen-bond donors (Lipinski definition) is 2. The number of carboxylic acids is 1. The molecule has 3 unspecified atom stereocenters. The van der Waals surface area contributed by atoms with Crippen LogP contribution in [0.3, 0.4) is 0 Å². The van der Waals surface area contributed by atoms with Crippen molar-refractivity contribution in [3.05, 3.63) is 34.9 Å². The van der Waals surface area contributed by atoms with E-state index in [1.165, 1.54) is 36.0 Å². The van der Waals surface area contributed by atoms with E-state index in [9.17, 15) is 4.79 Å². The normalized spacial score (nSPS) is 26.7. The number of hydrogen-bond acceptors (Lipinski definition) is 2. The van der Waals surface area contributed by atoms with Crippen LogP contribution in [0.25, 0.3) is 0 Å². The van der Waals surface area contributed by atoms with Gasteiger partial charge in [-0.2, -0.15) is 0 Å². The third-order valence-corrected chi connectivity index (χ3v) is 4.38. The molecule has 96 valence electrons. The molecule has 0 aromatic heterocycles. The van der Waals surface area contributed by atoms with Crippen LogP contribution in [0.5, 0.6) is 0 Å². The molecule has 1 fully saturated rings. The van der Waals surface area contributed by atoms with Crippen LogP contribution in [0.4, 0.5) is 0 Å². The fourth-order valence-electron chi connectivity index (χ4n) is 3.28. The highest BCUT2D eigenvalue weighted by Gasteiger charge is 2.48. The van der Waals surface area contributed by atoms with Crippen molar-refractivity contribution >= 4 is 5.97 Å².